The molecule has 0 radical (unpaired) electrons. The Bertz CT molecular complexity index is 1010. The number of nitrogens with two attached hydrogens (primary N) is 1. The van der Waals surface area contributed by atoms with Crippen LogP contribution in [0.3, 0.4) is 0 Å². The molecule has 3 N–H and O–H groups in total. The van der Waals surface area contributed by atoms with Crippen LogP contribution in [0, 0.1) is 0 Å². The number of piperazine rings is 1. The number of hydrazine groups is 1. The zero-order chi connectivity index (χ0) is 22.5. The summed E-state index contributed by atoms with van der Waals surface area (Å²) in [5, 5.41) is 2.27. The summed E-state index contributed by atoms with van der Waals surface area (Å²) in [6.45, 7) is 3.03. The first kappa shape index (κ1) is 22.1. The van der Waals surface area contributed by atoms with Crippen LogP contribution in [-0.2, 0) is 0 Å². The van der Waals surface area contributed by atoms with Gasteiger partial charge in [0, 0.05) is 32.2 Å². The molecule has 0 saturated carbocycles. The maximum atomic E-state index is 12.9. The molecule has 166 valence electrons. The highest BCUT2D eigenvalue weighted by molar-refractivity contribution is 6.33. The molecule has 32 heavy (non-hydrogen) atoms. The summed E-state index contributed by atoms with van der Waals surface area (Å²) in [6, 6.07) is 24.3. The Kier molecular flexibility index (Phi) is 6.95. The van der Waals surface area contributed by atoms with Crippen molar-refractivity contribution in [3.63, 3.8) is 0 Å². The summed E-state index contributed by atoms with van der Waals surface area (Å²) in [6.07, 6.45) is 0. The van der Waals surface area contributed by atoms with Crippen molar-refractivity contribution in [2.45, 2.75) is 6.04 Å². The predicted octanol–water partition coefficient (Wildman–Crippen LogP) is 3.98. The largest absolute Gasteiger partial charge is 0.496 e. The Morgan fingerprint density at radius 1 is 0.969 bits per heavy atom. The van der Waals surface area contributed by atoms with Gasteiger partial charge < -0.3 is 10.5 Å². The van der Waals surface area contributed by atoms with E-state index < -0.39 is 0 Å². The van der Waals surface area contributed by atoms with E-state index in [0.717, 1.165) is 13.1 Å². The Labute approximate surface area is 193 Å². The molecule has 0 atom stereocenters. The number of amides is 1. The lowest BCUT2D eigenvalue weighted by atomic mass is 9.96. The third-order valence-corrected chi connectivity index (χ3v) is 6.06. The van der Waals surface area contributed by atoms with Crippen LogP contribution in [0.15, 0.2) is 72.8 Å². The Balaban J connectivity index is 1.45. The van der Waals surface area contributed by atoms with Crippen LogP contribution in [0.4, 0.5) is 5.69 Å². The highest BCUT2D eigenvalue weighted by atomic mass is 35.5. The fourth-order valence-electron chi connectivity index (χ4n) is 4.10. The van der Waals surface area contributed by atoms with E-state index >= 15 is 0 Å². The summed E-state index contributed by atoms with van der Waals surface area (Å²) in [5.41, 5.74) is 12.1. The van der Waals surface area contributed by atoms with Crippen molar-refractivity contribution in [1.82, 2.24) is 15.3 Å². The van der Waals surface area contributed by atoms with Crippen molar-refractivity contribution in [2.75, 3.05) is 39.0 Å². The van der Waals surface area contributed by atoms with Gasteiger partial charge in [0.15, 0.2) is 0 Å². The molecule has 7 heteroatoms. The molecule has 0 aliphatic carbocycles. The quantitative estimate of drug-likeness (QED) is 0.556. The highest BCUT2D eigenvalue weighted by Crippen LogP contribution is 2.30. The Hall–Kier alpha value is -3.06. The van der Waals surface area contributed by atoms with Crippen LogP contribution in [0.2, 0.25) is 5.02 Å². The van der Waals surface area contributed by atoms with Gasteiger partial charge in [-0.3, -0.25) is 15.1 Å². The second kappa shape index (κ2) is 10.0. The van der Waals surface area contributed by atoms with Crippen LogP contribution in [-0.4, -0.2) is 49.1 Å². The van der Waals surface area contributed by atoms with Gasteiger partial charge in [-0.25, -0.2) is 5.01 Å². The van der Waals surface area contributed by atoms with Gasteiger partial charge in [-0.1, -0.05) is 72.3 Å². The molecule has 0 aromatic heterocycles. The zero-order valence-corrected chi connectivity index (χ0v) is 18.8. The van der Waals surface area contributed by atoms with Gasteiger partial charge in [0.25, 0.3) is 5.91 Å². The lowest BCUT2D eigenvalue weighted by molar-refractivity contribution is 0.0552. The van der Waals surface area contributed by atoms with Gasteiger partial charge >= 0.3 is 0 Å². The molecule has 3 aromatic rings. The number of nitrogens with one attached hydrogen (secondary N) is 1. The molecule has 3 aromatic carbocycles. The summed E-state index contributed by atoms with van der Waals surface area (Å²) in [5.74, 6) is 0.135. The van der Waals surface area contributed by atoms with Crippen molar-refractivity contribution in [3.05, 3.63) is 94.5 Å². The summed E-state index contributed by atoms with van der Waals surface area (Å²) < 4.78 is 5.31. The SMILES string of the molecule is COc1cc(N)c(Cl)cc1C(=O)NN1CCN(C(c2ccccc2)c2ccccc2)CC1. The fraction of sp³-hybridized carbons (Fsp3) is 0.240. The minimum atomic E-state index is -0.264. The van der Waals surface area contributed by atoms with E-state index in [1.54, 1.807) is 12.1 Å². The van der Waals surface area contributed by atoms with Crippen molar-refractivity contribution in [2.24, 2.45) is 0 Å². The molecule has 0 unspecified atom stereocenters. The average molecular weight is 451 g/mol. The van der Waals surface area contributed by atoms with Crippen molar-refractivity contribution in [1.29, 1.82) is 0 Å². The van der Waals surface area contributed by atoms with Gasteiger partial charge in [-0.15, -0.1) is 0 Å². The van der Waals surface area contributed by atoms with E-state index in [1.807, 2.05) is 17.1 Å². The normalized spacial score (nSPS) is 15.0. The standard InChI is InChI=1S/C25H27ClN4O2/c1-32-23-17-22(27)21(26)16-20(23)25(31)28-30-14-12-29(13-15-30)24(18-8-4-2-5-9-18)19-10-6-3-7-11-19/h2-11,16-17,24H,12-15,27H2,1H3,(H,28,31). The Morgan fingerprint density at radius 3 is 2.06 bits per heavy atom. The molecule has 0 spiro atoms. The second-order valence-corrected chi connectivity index (χ2v) is 8.17. The van der Waals surface area contributed by atoms with Crippen LogP contribution < -0.4 is 15.9 Å². The first-order chi connectivity index (χ1) is 15.6. The highest BCUT2D eigenvalue weighted by Gasteiger charge is 2.27. The third-order valence-electron chi connectivity index (χ3n) is 5.73. The molecule has 1 amide bonds. The number of hydrogen-bond acceptors (Lipinski definition) is 5. The number of nitrogens with zero attached hydrogens (tertiary/aromatic N) is 2. The molecule has 6 nitrogen and oxygen atoms in total. The number of benzene rings is 3. The summed E-state index contributed by atoms with van der Waals surface area (Å²) in [7, 11) is 1.51. The molecule has 1 fully saturated rings. The van der Waals surface area contributed by atoms with Gasteiger partial charge in [-0.05, 0) is 17.2 Å². The molecular formula is C25H27ClN4O2. The van der Waals surface area contributed by atoms with Gasteiger partial charge in [0.05, 0.1) is 29.4 Å². The molecule has 4 rings (SSSR count). The minimum absolute atomic E-state index is 0.172. The molecule has 1 aliphatic heterocycles. The third kappa shape index (κ3) is 4.88. The zero-order valence-electron chi connectivity index (χ0n) is 18.0. The number of nitrogen functional groups attached to an aromatic ring is 1. The van der Waals surface area contributed by atoms with Crippen LogP contribution in [0.25, 0.3) is 0 Å². The number of hydrogen-bond donors (Lipinski definition) is 2. The maximum Gasteiger partial charge on any atom is 0.269 e. The molecule has 1 heterocycles. The summed E-state index contributed by atoms with van der Waals surface area (Å²) >= 11 is 6.12. The van der Waals surface area contributed by atoms with Crippen LogP contribution in [0.1, 0.15) is 27.5 Å². The fourth-order valence-corrected chi connectivity index (χ4v) is 4.26. The van der Waals surface area contributed by atoms with E-state index in [1.165, 1.54) is 18.2 Å². The lowest BCUT2D eigenvalue weighted by Gasteiger charge is -2.39. The first-order valence-corrected chi connectivity index (χ1v) is 11.0. The van der Waals surface area contributed by atoms with E-state index in [-0.39, 0.29) is 11.9 Å². The van der Waals surface area contributed by atoms with Gasteiger partial charge in [-0.2, -0.15) is 0 Å². The van der Waals surface area contributed by atoms with Crippen molar-refractivity contribution >= 4 is 23.2 Å². The van der Waals surface area contributed by atoms with Gasteiger partial charge in [0.2, 0.25) is 0 Å². The van der Waals surface area contributed by atoms with Crippen LogP contribution >= 0.6 is 11.6 Å². The number of rotatable bonds is 6. The number of halogens is 1. The Morgan fingerprint density at radius 2 is 1.53 bits per heavy atom. The molecule has 1 aliphatic rings. The maximum absolute atomic E-state index is 12.9. The van der Waals surface area contributed by atoms with Crippen LogP contribution in [0.5, 0.6) is 5.75 Å². The molecule has 1 saturated heterocycles. The number of methoxy groups -OCH3 is 1. The van der Waals surface area contributed by atoms with E-state index in [4.69, 9.17) is 22.1 Å². The minimum Gasteiger partial charge on any atom is -0.496 e. The van der Waals surface area contributed by atoms with E-state index in [0.29, 0.717) is 35.1 Å². The number of ether oxygens (including phenoxy) is 1. The van der Waals surface area contributed by atoms with Crippen molar-refractivity contribution < 1.29 is 9.53 Å². The van der Waals surface area contributed by atoms with Gasteiger partial charge in [0.1, 0.15) is 5.75 Å². The number of anilines is 1. The smallest absolute Gasteiger partial charge is 0.269 e. The second-order valence-electron chi connectivity index (χ2n) is 7.76. The number of carbonyl (C=O) groups excluding carboxylic acids is 1. The van der Waals surface area contributed by atoms with E-state index in [9.17, 15) is 4.79 Å². The first-order valence-electron chi connectivity index (χ1n) is 10.6. The van der Waals surface area contributed by atoms with E-state index in [2.05, 4.69) is 58.9 Å². The summed E-state index contributed by atoms with van der Waals surface area (Å²) in [4.78, 5) is 15.3. The lowest BCUT2D eigenvalue weighted by Crippen LogP contribution is -2.54. The average Bonchev–Trinajstić information content (AvgIpc) is 2.83. The number of carbonyl (C=O) groups is 1. The molecular weight excluding hydrogens is 424 g/mol. The monoisotopic (exact) mass is 450 g/mol. The topological polar surface area (TPSA) is 70.8 Å². The molecule has 0 bridgehead atoms. The predicted molar refractivity (Wildman–Crippen MR) is 128 cm³/mol. The van der Waals surface area contributed by atoms with Crippen molar-refractivity contribution in [3.8, 4) is 5.75 Å².